The highest BCUT2D eigenvalue weighted by Gasteiger charge is 2.45. The standard InChI is InChI=1S/C25H36F2O3.C24H34F2O3/c1-2-3-4-5-18-6-8-20(9-7-18)25(16-14-19(15-17-25)23(28)29)21-10-12-22(13-11-21)30-24(26)27;1-2-3-4-17-5-7-18(8-6-17)19-9-11-20(12-10-19)23(27)28-21-13-15-22(16-14-21)29-24(25)26/h10-13,18-20,24H,2-9,14-17H2,1H3,(H,28,29);13-20,24H,2-12H2,1H3. The first-order valence-corrected chi connectivity index (χ1v) is 23.0. The van der Waals surface area contributed by atoms with E-state index >= 15 is 0 Å². The summed E-state index contributed by atoms with van der Waals surface area (Å²) in [6, 6.07) is 12.9. The zero-order chi connectivity index (χ0) is 42.2. The molecule has 0 aromatic heterocycles. The number of hydrogen-bond donors (Lipinski definition) is 1. The van der Waals surface area contributed by atoms with Gasteiger partial charge in [-0.2, -0.15) is 17.6 Å². The molecule has 0 radical (unpaired) electrons. The van der Waals surface area contributed by atoms with E-state index in [1.807, 2.05) is 12.1 Å². The second-order valence-electron chi connectivity index (χ2n) is 18.2. The lowest BCUT2D eigenvalue weighted by Gasteiger charge is -2.48. The first kappa shape index (κ1) is 46.8. The summed E-state index contributed by atoms with van der Waals surface area (Å²) in [5, 5.41) is 9.46. The first-order chi connectivity index (χ1) is 28.5. The summed E-state index contributed by atoms with van der Waals surface area (Å²) in [5.41, 5.74) is 1.13. The van der Waals surface area contributed by atoms with Crippen LogP contribution in [-0.4, -0.2) is 30.3 Å². The lowest BCUT2D eigenvalue weighted by atomic mass is 9.56. The number of carboxylic acid groups (broad SMARTS) is 1. The lowest BCUT2D eigenvalue weighted by Crippen LogP contribution is -2.42. The van der Waals surface area contributed by atoms with E-state index in [4.69, 9.17) is 4.74 Å². The van der Waals surface area contributed by atoms with E-state index in [-0.39, 0.29) is 34.7 Å². The number of carboxylic acids is 1. The van der Waals surface area contributed by atoms with Gasteiger partial charge in [0, 0.05) is 0 Å². The minimum absolute atomic E-state index is 0.0380. The topological polar surface area (TPSA) is 82.1 Å². The molecule has 0 heterocycles. The molecule has 0 spiro atoms. The molecule has 0 aliphatic heterocycles. The monoisotopic (exact) mass is 831 g/mol. The van der Waals surface area contributed by atoms with E-state index in [9.17, 15) is 32.3 Å². The van der Waals surface area contributed by atoms with Gasteiger partial charge in [-0.3, -0.25) is 9.59 Å². The zero-order valence-electron chi connectivity index (χ0n) is 35.6. The van der Waals surface area contributed by atoms with Gasteiger partial charge in [0.15, 0.2) is 0 Å². The van der Waals surface area contributed by atoms with Crippen LogP contribution in [0.15, 0.2) is 48.5 Å². The fourth-order valence-corrected chi connectivity index (χ4v) is 11.1. The van der Waals surface area contributed by atoms with Crippen LogP contribution in [0.1, 0.15) is 167 Å². The van der Waals surface area contributed by atoms with Gasteiger partial charge in [-0.05, 0) is 154 Å². The molecule has 330 valence electrons. The molecule has 10 heteroatoms. The van der Waals surface area contributed by atoms with E-state index in [1.54, 1.807) is 12.1 Å². The summed E-state index contributed by atoms with van der Waals surface area (Å²) in [5.74, 6) is 3.32. The summed E-state index contributed by atoms with van der Waals surface area (Å²) in [7, 11) is 0. The molecule has 0 atom stereocenters. The van der Waals surface area contributed by atoms with Crippen LogP contribution in [0.3, 0.4) is 0 Å². The van der Waals surface area contributed by atoms with Gasteiger partial charge < -0.3 is 19.3 Å². The van der Waals surface area contributed by atoms with Gasteiger partial charge in [-0.25, -0.2) is 0 Å². The Hall–Kier alpha value is -3.30. The number of benzene rings is 2. The molecule has 0 bridgehead atoms. The highest BCUT2D eigenvalue weighted by molar-refractivity contribution is 5.75. The van der Waals surface area contributed by atoms with E-state index in [0.29, 0.717) is 24.5 Å². The van der Waals surface area contributed by atoms with Crippen LogP contribution in [-0.2, 0) is 15.0 Å². The number of esters is 1. The maximum absolute atomic E-state index is 12.5. The van der Waals surface area contributed by atoms with Crippen molar-refractivity contribution >= 4 is 11.9 Å². The fraction of sp³-hybridized carbons (Fsp3) is 0.714. The normalized spacial score (nSPS) is 28.6. The minimum Gasteiger partial charge on any atom is -0.481 e. The van der Waals surface area contributed by atoms with Gasteiger partial charge >= 0.3 is 25.2 Å². The highest BCUT2D eigenvalue weighted by Crippen LogP contribution is 2.52. The Morgan fingerprint density at radius 1 is 0.593 bits per heavy atom. The van der Waals surface area contributed by atoms with E-state index in [1.165, 1.54) is 126 Å². The van der Waals surface area contributed by atoms with Gasteiger partial charge in [0.25, 0.3) is 0 Å². The van der Waals surface area contributed by atoms with Crippen molar-refractivity contribution in [2.75, 3.05) is 0 Å². The Morgan fingerprint density at radius 2 is 1.05 bits per heavy atom. The molecule has 4 aliphatic rings. The molecule has 59 heavy (non-hydrogen) atoms. The van der Waals surface area contributed by atoms with E-state index < -0.39 is 19.2 Å². The molecule has 2 aromatic rings. The van der Waals surface area contributed by atoms with Crippen molar-refractivity contribution in [1.29, 1.82) is 0 Å². The fourth-order valence-electron chi connectivity index (χ4n) is 11.1. The maximum Gasteiger partial charge on any atom is 0.387 e. The Bertz CT molecular complexity index is 1500. The summed E-state index contributed by atoms with van der Waals surface area (Å²) < 4.78 is 63.8. The molecule has 4 aliphatic carbocycles. The third kappa shape index (κ3) is 14.1. The molecule has 6 rings (SSSR count). The lowest BCUT2D eigenvalue weighted by molar-refractivity contribution is -0.143. The van der Waals surface area contributed by atoms with Gasteiger partial charge in [0.05, 0.1) is 11.8 Å². The van der Waals surface area contributed by atoms with Crippen LogP contribution in [0, 0.1) is 41.4 Å². The third-order valence-corrected chi connectivity index (χ3v) is 14.6. The summed E-state index contributed by atoms with van der Waals surface area (Å²) in [4.78, 5) is 24.0. The summed E-state index contributed by atoms with van der Waals surface area (Å²) in [6.07, 6.45) is 26.8. The molecular formula is C49H70F4O6. The van der Waals surface area contributed by atoms with Crippen molar-refractivity contribution in [3.8, 4) is 17.2 Å². The van der Waals surface area contributed by atoms with Gasteiger partial charge in [-0.15, -0.1) is 0 Å². The van der Waals surface area contributed by atoms with Crippen LogP contribution in [0.4, 0.5) is 17.6 Å². The molecule has 2 aromatic carbocycles. The average molecular weight is 831 g/mol. The average Bonchev–Trinajstić information content (AvgIpc) is 3.24. The molecule has 0 saturated heterocycles. The Kier molecular flexibility index (Phi) is 18.7. The predicted molar refractivity (Wildman–Crippen MR) is 223 cm³/mol. The van der Waals surface area contributed by atoms with Crippen molar-refractivity contribution < 1.29 is 46.5 Å². The number of aliphatic carboxylic acids is 1. The number of carbonyl (C=O) groups excluding carboxylic acids is 1. The van der Waals surface area contributed by atoms with Crippen molar-refractivity contribution in [3.05, 3.63) is 54.1 Å². The summed E-state index contributed by atoms with van der Waals surface area (Å²) >= 11 is 0. The number of halogens is 4. The molecule has 0 unspecified atom stereocenters. The highest BCUT2D eigenvalue weighted by atomic mass is 19.3. The van der Waals surface area contributed by atoms with Crippen molar-refractivity contribution in [3.63, 3.8) is 0 Å². The molecule has 6 nitrogen and oxygen atoms in total. The number of carbonyl (C=O) groups is 2. The second-order valence-corrected chi connectivity index (χ2v) is 18.2. The maximum atomic E-state index is 12.5. The molecule has 4 fully saturated rings. The van der Waals surface area contributed by atoms with Crippen LogP contribution < -0.4 is 14.2 Å². The zero-order valence-corrected chi connectivity index (χ0v) is 35.6. The Balaban J connectivity index is 0.000000224. The van der Waals surface area contributed by atoms with Gasteiger partial charge in [0.2, 0.25) is 0 Å². The largest absolute Gasteiger partial charge is 0.481 e. The van der Waals surface area contributed by atoms with Crippen LogP contribution in [0.25, 0.3) is 0 Å². The number of unbranched alkanes of at least 4 members (excludes halogenated alkanes) is 3. The number of ether oxygens (including phenoxy) is 3. The smallest absolute Gasteiger partial charge is 0.387 e. The van der Waals surface area contributed by atoms with Crippen LogP contribution in [0.2, 0.25) is 0 Å². The van der Waals surface area contributed by atoms with Crippen LogP contribution >= 0.6 is 0 Å². The van der Waals surface area contributed by atoms with Gasteiger partial charge in [0.1, 0.15) is 17.2 Å². The molecular weight excluding hydrogens is 761 g/mol. The van der Waals surface area contributed by atoms with E-state index in [2.05, 4.69) is 23.3 Å². The molecule has 4 saturated carbocycles. The minimum atomic E-state index is -2.86. The first-order valence-electron chi connectivity index (χ1n) is 23.0. The number of rotatable bonds is 17. The van der Waals surface area contributed by atoms with Gasteiger partial charge in [-0.1, -0.05) is 96.6 Å². The van der Waals surface area contributed by atoms with E-state index in [0.717, 1.165) is 62.2 Å². The van der Waals surface area contributed by atoms with Crippen molar-refractivity contribution in [2.24, 2.45) is 41.4 Å². The van der Waals surface area contributed by atoms with Crippen molar-refractivity contribution in [2.45, 2.75) is 180 Å². The third-order valence-electron chi connectivity index (χ3n) is 14.6. The number of hydrogen-bond acceptors (Lipinski definition) is 5. The summed E-state index contributed by atoms with van der Waals surface area (Å²) in [6.45, 7) is -1.17. The SMILES string of the molecule is CCCCC1CCC(C2CCC(C(=O)Oc3ccc(OC(F)F)cc3)CC2)CC1.CCCCCC1CCC(C2(c3ccc(OC(F)F)cc3)CCC(C(=O)O)CC2)CC1. The number of alkyl halides is 4. The molecule has 1 N–H and O–H groups in total. The Labute approximate surface area is 350 Å². The van der Waals surface area contributed by atoms with Crippen molar-refractivity contribution in [1.82, 2.24) is 0 Å². The predicted octanol–water partition coefficient (Wildman–Crippen LogP) is 14.2. The molecule has 0 amide bonds. The Morgan fingerprint density at radius 3 is 1.54 bits per heavy atom. The van der Waals surface area contributed by atoms with Crippen LogP contribution in [0.5, 0.6) is 17.2 Å². The quantitative estimate of drug-likeness (QED) is 0.0740. The second kappa shape index (κ2) is 23.6.